The SMILES string of the molecule is CCNCc1ccc(Oc2ccc(CO)cc2)cc1. The van der Waals surface area contributed by atoms with Crippen LogP contribution in [0.15, 0.2) is 48.5 Å². The van der Waals surface area contributed by atoms with Crippen molar-refractivity contribution in [2.24, 2.45) is 0 Å². The van der Waals surface area contributed by atoms with E-state index in [0.29, 0.717) is 0 Å². The molecule has 0 fully saturated rings. The molecule has 0 bridgehead atoms. The second kappa shape index (κ2) is 6.92. The molecule has 0 aliphatic carbocycles. The summed E-state index contributed by atoms with van der Waals surface area (Å²) in [5.41, 5.74) is 2.12. The van der Waals surface area contributed by atoms with Crippen molar-refractivity contribution in [3.05, 3.63) is 59.7 Å². The minimum absolute atomic E-state index is 0.0550. The molecule has 2 aromatic rings. The summed E-state index contributed by atoms with van der Waals surface area (Å²) in [4.78, 5) is 0. The summed E-state index contributed by atoms with van der Waals surface area (Å²) in [7, 11) is 0. The van der Waals surface area contributed by atoms with Gasteiger partial charge in [-0.1, -0.05) is 31.2 Å². The molecule has 19 heavy (non-hydrogen) atoms. The molecule has 3 heteroatoms. The van der Waals surface area contributed by atoms with Crippen LogP contribution in [0.1, 0.15) is 18.1 Å². The van der Waals surface area contributed by atoms with Crippen LogP contribution in [0.3, 0.4) is 0 Å². The minimum atomic E-state index is 0.0550. The molecule has 0 spiro atoms. The molecule has 0 radical (unpaired) electrons. The van der Waals surface area contributed by atoms with Gasteiger partial charge >= 0.3 is 0 Å². The normalized spacial score (nSPS) is 10.4. The van der Waals surface area contributed by atoms with Crippen molar-refractivity contribution >= 4 is 0 Å². The lowest BCUT2D eigenvalue weighted by Gasteiger charge is -2.07. The fourth-order valence-electron chi connectivity index (χ4n) is 1.74. The van der Waals surface area contributed by atoms with Gasteiger partial charge in [-0.2, -0.15) is 0 Å². The predicted molar refractivity (Wildman–Crippen MR) is 76.3 cm³/mol. The Kier molecular flexibility index (Phi) is 4.95. The number of aliphatic hydroxyl groups is 1. The number of rotatable bonds is 6. The lowest BCUT2D eigenvalue weighted by Crippen LogP contribution is -2.11. The number of hydrogen-bond acceptors (Lipinski definition) is 3. The van der Waals surface area contributed by atoms with Gasteiger partial charge in [-0.3, -0.25) is 0 Å². The number of benzene rings is 2. The Morgan fingerprint density at radius 2 is 1.42 bits per heavy atom. The second-order valence-corrected chi connectivity index (χ2v) is 4.33. The highest BCUT2D eigenvalue weighted by Crippen LogP contribution is 2.22. The summed E-state index contributed by atoms with van der Waals surface area (Å²) in [6.45, 7) is 3.99. The largest absolute Gasteiger partial charge is 0.457 e. The summed E-state index contributed by atoms with van der Waals surface area (Å²) in [5.74, 6) is 1.59. The van der Waals surface area contributed by atoms with E-state index < -0.39 is 0 Å². The van der Waals surface area contributed by atoms with Gasteiger partial charge in [0, 0.05) is 6.54 Å². The predicted octanol–water partition coefficient (Wildman–Crippen LogP) is 3.08. The zero-order chi connectivity index (χ0) is 13.5. The van der Waals surface area contributed by atoms with E-state index in [1.54, 1.807) is 0 Å². The van der Waals surface area contributed by atoms with Crippen LogP contribution < -0.4 is 10.1 Å². The van der Waals surface area contributed by atoms with Gasteiger partial charge in [0.1, 0.15) is 11.5 Å². The fraction of sp³-hybridized carbons (Fsp3) is 0.250. The van der Waals surface area contributed by atoms with Crippen molar-refractivity contribution in [1.29, 1.82) is 0 Å². The first-order chi connectivity index (χ1) is 9.31. The Bertz CT molecular complexity index is 491. The lowest BCUT2D eigenvalue weighted by atomic mass is 10.2. The first-order valence-corrected chi connectivity index (χ1v) is 6.49. The van der Waals surface area contributed by atoms with Crippen molar-refractivity contribution in [1.82, 2.24) is 5.32 Å². The molecule has 0 saturated carbocycles. The van der Waals surface area contributed by atoms with Crippen molar-refractivity contribution in [3.8, 4) is 11.5 Å². The van der Waals surface area contributed by atoms with Gasteiger partial charge in [0.15, 0.2) is 0 Å². The van der Waals surface area contributed by atoms with Crippen LogP contribution in [0, 0.1) is 0 Å². The van der Waals surface area contributed by atoms with Crippen LogP contribution in [0.4, 0.5) is 0 Å². The Labute approximate surface area is 113 Å². The van der Waals surface area contributed by atoms with Crippen LogP contribution in [0.25, 0.3) is 0 Å². The quantitative estimate of drug-likeness (QED) is 0.835. The standard InChI is InChI=1S/C16H19NO2/c1-2-17-11-13-3-7-15(8-4-13)19-16-9-5-14(12-18)6-10-16/h3-10,17-18H,2,11-12H2,1H3. The van der Waals surface area contributed by atoms with Crippen molar-refractivity contribution in [2.45, 2.75) is 20.1 Å². The van der Waals surface area contributed by atoms with Gasteiger partial charge < -0.3 is 15.2 Å². The molecule has 0 unspecified atom stereocenters. The Hall–Kier alpha value is -1.84. The molecule has 0 saturated heterocycles. The third-order valence-corrected chi connectivity index (χ3v) is 2.84. The molecule has 100 valence electrons. The van der Waals surface area contributed by atoms with E-state index in [0.717, 1.165) is 30.2 Å². The van der Waals surface area contributed by atoms with Crippen LogP contribution in [0.5, 0.6) is 11.5 Å². The molecular formula is C16H19NO2. The molecule has 0 heterocycles. The molecule has 3 nitrogen and oxygen atoms in total. The number of aliphatic hydroxyl groups excluding tert-OH is 1. The summed E-state index contributed by atoms with van der Waals surface area (Å²) in [6.07, 6.45) is 0. The van der Waals surface area contributed by atoms with Gasteiger partial charge in [0.25, 0.3) is 0 Å². The molecule has 0 amide bonds. The second-order valence-electron chi connectivity index (χ2n) is 4.33. The van der Waals surface area contributed by atoms with Gasteiger partial charge in [-0.15, -0.1) is 0 Å². The van der Waals surface area contributed by atoms with Crippen molar-refractivity contribution < 1.29 is 9.84 Å². The molecule has 0 aliphatic rings. The summed E-state index contributed by atoms with van der Waals surface area (Å²) < 4.78 is 5.74. The summed E-state index contributed by atoms with van der Waals surface area (Å²) in [6, 6.07) is 15.5. The average molecular weight is 257 g/mol. The number of hydrogen-bond donors (Lipinski definition) is 2. The maximum Gasteiger partial charge on any atom is 0.127 e. The third kappa shape index (κ3) is 4.09. The maximum atomic E-state index is 8.97. The topological polar surface area (TPSA) is 41.5 Å². The molecule has 0 atom stereocenters. The van der Waals surface area contributed by atoms with E-state index in [-0.39, 0.29) is 6.61 Å². The van der Waals surface area contributed by atoms with Crippen LogP contribution >= 0.6 is 0 Å². The smallest absolute Gasteiger partial charge is 0.127 e. The molecule has 2 N–H and O–H groups in total. The lowest BCUT2D eigenvalue weighted by molar-refractivity contribution is 0.281. The summed E-state index contributed by atoms with van der Waals surface area (Å²) >= 11 is 0. The van der Waals surface area contributed by atoms with Gasteiger partial charge in [-0.25, -0.2) is 0 Å². The van der Waals surface area contributed by atoms with E-state index in [1.807, 2.05) is 36.4 Å². The fourth-order valence-corrected chi connectivity index (χ4v) is 1.74. The first-order valence-electron chi connectivity index (χ1n) is 6.49. The van der Waals surface area contributed by atoms with E-state index in [4.69, 9.17) is 9.84 Å². The Balaban J connectivity index is 1.98. The van der Waals surface area contributed by atoms with Crippen LogP contribution in [-0.4, -0.2) is 11.7 Å². The van der Waals surface area contributed by atoms with Gasteiger partial charge in [0.05, 0.1) is 6.61 Å². The van der Waals surface area contributed by atoms with E-state index in [2.05, 4.69) is 24.4 Å². The average Bonchev–Trinajstić information content (AvgIpc) is 2.47. The van der Waals surface area contributed by atoms with Gasteiger partial charge in [0.2, 0.25) is 0 Å². The van der Waals surface area contributed by atoms with E-state index in [9.17, 15) is 0 Å². The summed E-state index contributed by atoms with van der Waals surface area (Å²) in [5, 5.41) is 12.3. The van der Waals surface area contributed by atoms with Crippen molar-refractivity contribution in [2.75, 3.05) is 6.54 Å². The highest BCUT2D eigenvalue weighted by molar-refractivity contribution is 5.34. The number of nitrogens with one attached hydrogen (secondary N) is 1. The molecule has 2 rings (SSSR count). The number of ether oxygens (including phenoxy) is 1. The maximum absolute atomic E-state index is 8.97. The molecular weight excluding hydrogens is 238 g/mol. The van der Waals surface area contributed by atoms with Crippen LogP contribution in [-0.2, 0) is 13.2 Å². The highest BCUT2D eigenvalue weighted by Gasteiger charge is 1.98. The Morgan fingerprint density at radius 3 is 1.89 bits per heavy atom. The van der Waals surface area contributed by atoms with E-state index in [1.165, 1.54) is 5.56 Å². The highest BCUT2D eigenvalue weighted by atomic mass is 16.5. The molecule has 0 aromatic heterocycles. The zero-order valence-electron chi connectivity index (χ0n) is 11.1. The minimum Gasteiger partial charge on any atom is -0.457 e. The molecule has 2 aromatic carbocycles. The van der Waals surface area contributed by atoms with Crippen molar-refractivity contribution in [3.63, 3.8) is 0 Å². The molecule has 0 aliphatic heterocycles. The monoisotopic (exact) mass is 257 g/mol. The zero-order valence-corrected chi connectivity index (χ0v) is 11.1. The van der Waals surface area contributed by atoms with Gasteiger partial charge in [-0.05, 0) is 41.9 Å². The van der Waals surface area contributed by atoms with E-state index >= 15 is 0 Å². The third-order valence-electron chi connectivity index (χ3n) is 2.84. The first kappa shape index (κ1) is 13.6. The Morgan fingerprint density at radius 1 is 0.895 bits per heavy atom. The van der Waals surface area contributed by atoms with Crippen LogP contribution in [0.2, 0.25) is 0 Å².